The van der Waals surface area contributed by atoms with Crippen LogP contribution in [0.25, 0.3) is 0 Å². The molecule has 0 fully saturated rings. The van der Waals surface area contributed by atoms with Crippen LogP contribution < -0.4 is 5.32 Å². The van der Waals surface area contributed by atoms with E-state index < -0.39 is 5.97 Å². The first-order valence-electron chi connectivity index (χ1n) is 4.70. The number of rotatable bonds is 3. The Morgan fingerprint density at radius 3 is 2.71 bits per heavy atom. The summed E-state index contributed by atoms with van der Waals surface area (Å²) >= 11 is 1.19. The molecule has 0 unspecified atom stereocenters. The summed E-state index contributed by atoms with van der Waals surface area (Å²) in [6.07, 6.45) is 1.26. The summed E-state index contributed by atoms with van der Waals surface area (Å²) in [5.41, 5.74) is 0.486. The molecule has 0 aliphatic rings. The molecule has 0 aromatic carbocycles. The van der Waals surface area contributed by atoms with Crippen LogP contribution in [0.3, 0.4) is 0 Å². The maximum atomic E-state index is 10.8. The Hall–Kier alpha value is -2.09. The molecule has 2 rings (SSSR count). The number of hydrogen-bond acceptors (Lipinski definition) is 7. The second-order valence-corrected chi connectivity index (χ2v) is 4.02. The molecule has 0 aliphatic carbocycles. The molecule has 0 aliphatic heterocycles. The first kappa shape index (κ1) is 11.4. The first-order chi connectivity index (χ1) is 8.06. The standard InChI is InChI=1S/C9H9N5O2S/c1-4-6(7(15)16)3-10-8(11-4)13-9-12-5(2)14-17-9/h3H,1-2H3,(H,15,16)(H,10,11,12,13,14). The fourth-order valence-corrected chi connectivity index (χ4v) is 1.75. The van der Waals surface area contributed by atoms with E-state index in [9.17, 15) is 4.79 Å². The van der Waals surface area contributed by atoms with Gasteiger partial charge in [0.05, 0.1) is 11.3 Å². The molecule has 2 N–H and O–H groups in total. The second kappa shape index (κ2) is 4.42. The number of anilines is 2. The van der Waals surface area contributed by atoms with E-state index in [-0.39, 0.29) is 5.56 Å². The van der Waals surface area contributed by atoms with Crippen LogP contribution in [0, 0.1) is 13.8 Å². The molecule has 0 radical (unpaired) electrons. The maximum Gasteiger partial charge on any atom is 0.339 e. The summed E-state index contributed by atoms with van der Waals surface area (Å²) in [7, 11) is 0. The molecule has 2 aromatic rings. The highest BCUT2D eigenvalue weighted by molar-refractivity contribution is 7.09. The van der Waals surface area contributed by atoms with E-state index in [0.717, 1.165) is 0 Å². The van der Waals surface area contributed by atoms with Crippen LogP contribution in [-0.4, -0.2) is 30.4 Å². The van der Waals surface area contributed by atoms with Gasteiger partial charge in [0.15, 0.2) is 0 Å². The number of aryl methyl sites for hydroxylation is 2. The predicted molar refractivity (Wildman–Crippen MR) is 61.7 cm³/mol. The molecule has 7 nitrogen and oxygen atoms in total. The zero-order valence-electron chi connectivity index (χ0n) is 9.13. The molecular formula is C9H9N5O2S. The largest absolute Gasteiger partial charge is 0.478 e. The van der Waals surface area contributed by atoms with E-state index in [1.165, 1.54) is 17.7 Å². The molecule has 0 saturated heterocycles. The number of carboxylic acid groups (broad SMARTS) is 1. The average molecular weight is 251 g/mol. The predicted octanol–water partition coefficient (Wildman–Crippen LogP) is 1.39. The fraction of sp³-hybridized carbons (Fsp3) is 0.222. The molecule has 8 heteroatoms. The summed E-state index contributed by atoms with van der Waals surface area (Å²) < 4.78 is 4.00. The molecule has 88 valence electrons. The van der Waals surface area contributed by atoms with Crippen LogP contribution in [0.1, 0.15) is 21.9 Å². The Morgan fingerprint density at radius 2 is 2.18 bits per heavy atom. The number of carboxylic acids is 1. The van der Waals surface area contributed by atoms with Crippen molar-refractivity contribution in [2.24, 2.45) is 0 Å². The minimum atomic E-state index is -1.04. The Morgan fingerprint density at radius 1 is 1.41 bits per heavy atom. The van der Waals surface area contributed by atoms with Gasteiger partial charge in [-0.3, -0.25) is 5.32 Å². The quantitative estimate of drug-likeness (QED) is 0.849. The minimum Gasteiger partial charge on any atom is -0.478 e. The summed E-state index contributed by atoms with van der Waals surface area (Å²) in [6.45, 7) is 3.39. The van der Waals surface area contributed by atoms with Gasteiger partial charge in [0, 0.05) is 17.7 Å². The molecule has 0 saturated carbocycles. The minimum absolute atomic E-state index is 0.0870. The lowest BCUT2D eigenvalue weighted by molar-refractivity contribution is 0.0695. The van der Waals surface area contributed by atoms with E-state index in [1.54, 1.807) is 13.8 Å². The van der Waals surface area contributed by atoms with Crippen molar-refractivity contribution in [3.05, 3.63) is 23.3 Å². The van der Waals surface area contributed by atoms with Crippen molar-refractivity contribution in [1.82, 2.24) is 19.3 Å². The van der Waals surface area contributed by atoms with Crippen LogP contribution in [0.5, 0.6) is 0 Å². The number of nitrogens with one attached hydrogen (secondary N) is 1. The lowest BCUT2D eigenvalue weighted by atomic mass is 10.2. The van der Waals surface area contributed by atoms with Crippen molar-refractivity contribution in [2.75, 3.05) is 5.32 Å². The fourth-order valence-electron chi connectivity index (χ4n) is 1.18. The number of nitrogens with zero attached hydrogens (tertiary/aromatic N) is 4. The molecule has 2 aromatic heterocycles. The van der Waals surface area contributed by atoms with Crippen LogP contribution >= 0.6 is 11.5 Å². The van der Waals surface area contributed by atoms with E-state index in [0.29, 0.717) is 22.6 Å². The van der Waals surface area contributed by atoms with Gasteiger partial charge in [0.1, 0.15) is 5.82 Å². The topological polar surface area (TPSA) is 101 Å². The summed E-state index contributed by atoms with van der Waals surface area (Å²) in [4.78, 5) is 22.8. The smallest absolute Gasteiger partial charge is 0.339 e. The first-order valence-corrected chi connectivity index (χ1v) is 5.48. The van der Waals surface area contributed by atoms with Crippen molar-refractivity contribution in [3.63, 3.8) is 0 Å². The van der Waals surface area contributed by atoms with E-state index in [1.807, 2.05) is 0 Å². The van der Waals surface area contributed by atoms with Crippen molar-refractivity contribution in [2.45, 2.75) is 13.8 Å². The third-order valence-electron chi connectivity index (χ3n) is 1.96. The van der Waals surface area contributed by atoms with Gasteiger partial charge in [-0.2, -0.15) is 4.37 Å². The number of aromatic carboxylic acids is 1. The third-order valence-corrected chi connectivity index (χ3v) is 2.68. The Bertz CT molecular complexity index is 568. The Balaban J connectivity index is 2.23. The van der Waals surface area contributed by atoms with Crippen LogP contribution in [-0.2, 0) is 0 Å². The highest BCUT2D eigenvalue weighted by Crippen LogP contribution is 2.15. The van der Waals surface area contributed by atoms with Crippen LogP contribution in [0.15, 0.2) is 6.20 Å². The Kier molecular flexibility index (Phi) is 2.96. The lowest BCUT2D eigenvalue weighted by Crippen LogP contribution is -2.05. The van der Waals surface area contributed by atoms with Gasteiger partial charge in [0.25, 0.3) is 0 Å². The van der Waals surface area contributed by atoms with Gasteiger partial charge >= 0.3 is 5.97 Å². The van der Waals surface area contributed by atoms with Crippen molar-refractivity contribution < 1.29 is 9.90 Å². The van der Waals surface area contributed by atoms with E-state index in [2.05, 4.69) is 24.6 Å². The average Bonchev–Trinajstić information content (AvgIpc) is 2.63. The van der Waals surface area contributed by atoms with Crippen LogP contribution in [0.2, 0.25) is 0 Å². The molecule has 0 spiro atoms. The lowest BCUT2D eigenvalue weighted by Gasteiger charge is -2.03. The van der Waals surface area contributed by atoms with Crippen molar-refractivity contribution in [3.8, 4) is 0 Å². The highest BCUT2D eigenvalue weighted by Gasteiger charge is 2.10. The van der Waals surface area contributed by atoms with Crippen molar-refractivity contribution >= 4 is 28.6 Å². The zero-order valence-corrected chi connectivity index (χ0v) is 9.95. The van der Waals surface area contributed by atoms with Gasteiger partial charge < -0.3 is 5.11 Å². The summed E-state index contributed by atoms with van der Waals surface area (Å²) in [6, 6.07) is 0. The summed E-state index contributed by atoms with van der Waals surface area (Å²) in [5.74, 6) is -0.0687. The van der Waals surface area contributed by atoms with E-state index in [4.69, 9.17) is 5.11 Å². The maximum absolute atomic E-state index is 10.8. The SMILES string of the molecule is Cc1nsc(Nc2ncc(C(=O)O)c(C)n2)n1. The van der Waals surface area contributed by atoms with Gasteiger partial charge in [-0.15, -0.1) is 0 Å². The van der Waals surface area contributed by atoms with Gasteiger partial charge in [-0.05, 0) is 13.8 Å². The molecule has 0 amide bonds. The molecular weight excluding hydrogens is 242 g/mol. The van der Waals surface area contributed by atoms with Gasteiger partial charge in [-0.1, -0.05) is 0 Å². The number of aromatic nitrogens is 4. The van der Waals surface area contributed by atoms with Crippen molar-refractivity contribution in [1.29, 1.82) is 0 Å². The second-order valence-electron chi connectivity index (χ2n) is 3.27. The molecule has 17 heavy (non-hydrogen) atoms. The highest BCUT2D eigenvalue weighted by atomic mass is 32.1. The monoisotopic (exact) mass is 251 g/mol. The molecule has 0 bridgehead atoms. The normalized spacial score (nSPS) is 10.2. The molecule has 2 heterocycles. The zero-order chi connectivity index (χ0) is 12.4. The number of hydrogen-bond donors (Lipinski definition) is 2. The third kappa shape index (κ3) is 2.53. The van der Waals surface area contributed by atoms with Gasteiger partial charge in [0.2, 0.25) is 11.1 Å². The van der Waals surface area contributed by atoms with Crippen LogP contribution in [0.4, 0.5) is 11.1 Å². The van der Waals surface area contributed by atoms with E-state index >= 15 is 0 Å². The Labute approximate surface area is 101 Å². The van der Waals surface area contributed by atoms with Gasteiger partial charge in [-0.25, -0.2) is 19.7 Å². The number of carbonyl (C=O) groups is 1. The molecule has 0 atom stereocenters. The summed E-state index contributed by atoms with van der Waals surface area (Å²) in [5, 5.41) is 12.3.